The van der Waals surface area contributed by atoms with Crippen LogP contribution in [-0.4, -0.2) is 15.1 Å². The molecular formula is C7H6N2OS. The standard InChI is InChI=1S/C7H6N2OS/c10-4-6-9-5-2-1-3-8-7(5)11-6/h1-3,10H,4H2. The van der Waals surface area contributed by atoms with Crippen LogP contribution in [0.3, 0.4) is 0 Å². The van der Waals surface area contributed by atoms with Crippen LogP contribution in [0, 0.1) is 0 Å². The van der Waals surface area contributed by atoms with Gasteiger partial charge in [-0.3, -0.25) is 0 Å². The molecule has 0 amide bonds. The molecule has 0 spiro atoms. The van der Waals surface area contributed by atoms with E-state index in [1.54, 1.807) is 6.20 Å². The van der Waals surface area contributed by atoms with Gasteiger partial charge >= 0.3 is 0 Å². The largest absolute Gasteiger partial charge is 0.389 e. The highest BCUT2D eigenvalue weighted by Gasteiger charge is 2.00. The van der Waals surface area contributed by atoms with E-state index in [1.165, 1.54) is 11.3 Å². The summed E-state index contributed by atoms with van der Waals surface area (Å²) in [5, 5.41) is 9.48. The summed E-state index contributed by atoms with van der Waals surface area (Å²) in [4.78, 5) is 9.12. The minimum Gasteiger partial charge on any atom is -0.389 e. The summed E-state index contributed by atoms with van der Waals surface area (Å²) >= 11 is 1.43. The van der Waals surface area contributed by atoms with Crippen molar-refractivity contribution in [3.63, 3.8) is 0 Å². The van der Waals surface area contributed by atoms with E-state index in [0.29, 0.717) is 0 Å². The number of aliphatic hydroxyl groups excluding tert-OH is 1. The Labute approximate surface area is 67.4 Å². The van der Waals surface area contributed by atoms with E-state index < -0.39 is 0 Å². The highest BCUT2D eigenvalue weighted by molar-refractivity contribution is 7.18. The van der Waals surface area contributed by atoms with E-state index in [0.717, 1.165) is 15.4 Å². The monoisotopic (exact) mass is 166 g/mol. The lowest BCUT2D eigenvalue weighted by Gasteiger charge is -1.80. The first-order valence-corrected chi connectivity index (χ1v) is 4.03. The number of thiazole rings is 1. The van der Waals surface area contributed by atoms with Gasteiger partial charge in [0.25, 0.3) is 0 Å². The van der Waals surface area contributed by atoms with Crippen molar-refractivity contribution in [2.24, 2.45) is 0 Å². The Morgan fingerprint density at radius 2 is 2.45 bits per heavy atom. The Kier molecular flexibility index (Phi) is 1.56. The van der Waals surface area contributed by atoms with Crippen LogP contribution in [0.2, 0.25) is 0 Å². The van der Waals surface area contributed by atoms with Crippen LogP contribution in [0.15, 0.2) is 18.3 Å². The smallest absolute Gasteiger partial charge is 0.143 e. The van der Waals surface area contributed by atoms with Crippen molar-refractivity contribution in [2.45, 2.75) is 6.61 Å². The maximum atomic E-state index is 8.76. The van der Waals surface area contributed by atoms with Crippen molar-refractivity contribution in [2.75, 3.05) is 0 Å². The SMILES string of the molecule is OCc1nc2cccnc2s1. The van der Waals surface area contributed by atoms with E-state index in [-0.39, 0.29) is 6.61 Å². The molecule has 2 aromatic heterocycles. The Balaban J connectivity index is 2.69. The summed E-state index contributed by atoms with van der Waals surface area (Å²) in [5.74, 6) is 0. The Hall–Kier alpha value is -1.00. The molecular weight excluding hydrogens is 160 g/mol. The number of hydrogen-bond donors (Lipinski definition) is 1. The van der Waals surface area contributed by atoms with Crippen LogP contribution in [0.25, 0.3) is 10.3 Å². The average Bonchev–Trinajstić information content (AvgIpc) is 2.46. The van der Waals surface area contributed by atoms with Gasteiger partial charge in [-0.15, -0.1) is 0 Å². The fourth-order valence-electron chi connectivity index (χ4n) is 0.882. The molecule has 0 aliphatic carbocycles. The first-order valence-electron chi connectivity index (χ1n) is 3.21. The molecule has 0 atom stereocenters. The number of aromatic nitrogens is 2. The predicted octanol–water partition coefficient (Wildman–Crippen LogP) is 1.18. The highest BCUT2D eigenvalue weighted by Crippen LogP contribution is 2.18. The van der Waals surface area contributed by atoms with Gasteiger partial charge in [-0.05, 0) is 12.1 Å². The van der Waals surface area contributed by atoms with Crippen molar-refractivity contribution in [3.05, 3.63) is 23.3 Å². The second-order valence-corrected chi connectivity index (χ2v) is 3.16. The minimum atomic E-state index is 0.00102. The number of nitrogens with zero attached hydrogens (tertiary/aromatic N) is 2. The molecule has 56 valence electrons. The zero-order valence-electron chi connectivity index (χ0n) is 5.69. The van der Waals surface area contributed by atoms with Gasteiger partial charge in [0.05, 0.1) is 6.61 Å². The molecule has 0 unspecified atom stereocenters. The molecule has 1 N–H and O–H groups in total. The predicted molar refractivity (Wildman–Crippen MR) is 43.3 cm³/mol. The lowest BCUT2D eigenvalue weighted by molar-refractivity contribution is 0.281. The summed E-state index contributed by atoms with van der Waals surface area (Å²) < 4.78 is 0. The third-order valence-corrected chi connectivity index (χ3v) is 2.31. The molecule has 11 heavy (non-hydrogen) atoms. The normalized spacial score (nSPS) is 10.6. The van der Waals surface area contributed by atoms with Crippen LogP contribution < -0.4 is 0 Å². The van der Waals surface area contributed by atoms with Crippen molar-refractivity contribution < 1.29 is 5.11 Å². The Bertz CT molecular complexity index is 338. The summed E-state index contributed by atoms with van der Waals surface area (Å²) in [6.07, 6.45) is 1.72. The zero-order chi connectivity index (χ0) is 7.68. The van der Waals surface area contributed by atoms with Crippen molar-refractivity contribution in [1.29, 1.82) is 0 Å². The Morgan fingerprint density at radius 3 is 3.18 bits per heavy atom. The second-order valence-electron chi connectivity index (χ2n) is 2.09. The summed E-state index contributed by atoms with van der Waals surface area (Å²) in [5.41, 5.74) is 0.863. The molecule has 0 aromatic carbocycles. The van der Waals surface area contributed by atoms with Gasteiger partial charge in [0, 0.05) is 6.20 Å². The molecule has 3 nitrogen and oxygen atoms in total. The molecule has 0 radical (unpaired) electrons. The van der Waals surface area contributed by atoms with Gasteiger partial charge in [0.1, 0.15) is 15.4 Å². The second kappa shape index (κ2) is 2.56. The molecule has 0 saturated carbocycles. The van der Waals surface area contributed by atoms with Gasteiger partial charge in [-0.1, -0.05) is 11.3 Å². The quantitative estimate of drug-likeness (QED) is 0.692. The van der Waals surface area contributed by atoms with Crippen LogP contribution in [0.1, 0.15) is 5.01 Å². The van der Waals surface area contributed by atoms with Crippen LogP contribution in [0.5, 0.6) is 0 Å². The third-order valence-electron chi connectivity index (χ3n) is 1.35. The average molecular weight is 166 g/mol. The molecule has 0 aliphatic heterocycles. The zero-order valence-corrected chi connectivity index (χ0v) is 6.51. The summed E-state index contributed by atoms with van der Waals surface area (Å²) in [7, 11) is 0. The maximum absolute atomic E-state index is 8.76. The van der Waals surface area contributed by atoms with Crippen LogP contribution in [0.4, 0.5) is 0 Å². The van der Waals surface area contributed by atoms with Gasteiger partial charge in [0.2, 0.25) is 0 Å². The van der Waals surface area contributed by atoms with Crippen molar-refractivity contribution in [3.8, 4) is 0 Å². The van der Waals surface area contributed by atoms with E-state index in [9.17, 15) is 0 Å². The third kappa shape index (κ3) is 1.10. The highest BCUT2D eigenvalue weighted by atomic mass is 32.1. The first-order chi connectivity index (χ1) is 5.40. The number of pyridine rings is 1. The van der Waals surface area contributed by atoms with Crippen LogP contribution in [-0.2, 0) is 6.61 Å². The molecule has 2 aromatic rings. The number of aliphatic hydroxyl groups is 1. The lowest BCUT2D eigenvalue weighted by atomic mass is 10.5. The van der Waals surface area contributed by atoms with E-state index in [2.05, 4.69) is 9.97 Å². The summed E-state index contributed by atoms with van der Waals surface area (Å²) in [6.45, 7) is 0.00102. The number of fused-ring (bicyclic) bond motifs is 1. The first kappa shape index (κ1) is 6.69. The van der Waals surface area contributed by atoms with Gasteiger partial charge < -0.3 is 5.11 Å². The van der Waals surface area contributed by atoms with Gasteiger partial charge in [0.15, 0.2) is 0 Å². The summed E-state index contributed by atoms with van der Waals surface area (Å²) in [6, 6.07) is 3.72. The molecule has 2 heterocycles. The van der Waals surface area contributed by atoms with Crippen LogP contribution >= 0.6 is 11.3 Å². The Morgan fingerprint density at radius 1 is 1.55 bits per heavy atom. The fourth-order valence-corrected chi connectivity index (χ4v) is 1.65. The molecule has 0 fully saturated rings. The lowest BCUT2D eigenvalue weighted by Crippen LogP contribution is -1.77. The molecule has 0 saturated heterocycles. The minimum absolute atomic E-state index is 0.00102. The van der Waals surface area contributed by atoms with Gasteiger partial charge in [-0.25, -0.2) is 9.97 Å². The van der Waals surface area contributed by atoms with E-state index in [1.807, 2.05) is 12.1 Å². The van der Waals surface area contributed by atoms with Crippen molar-refractivity contribution in [1.82, 2.24) is 9.97 Å². The topological polar surface area (TPSA) is 46.0 Å². The number of rotatable bonds is 1. The maximum Gasteiger partial charge on any atom is 0.143 e. The molecule has 4 heteroatoms. The van der Waals surface area contributed by atoms with Crippen molar-refractivity contribution >= 4 is 21.7 Å². The van der Waals surface area contributed by atoms with Gasteiger partial charge in [-0.2, -0.15) is 0 Å². The number of hydrogen-bond acceptors (Lipinski definition) is 4. The molecule has 0 aliphatic rings. The fraction of sp³-hybridized carbons (Fsp3) is 0.143. The molecule has 0 bridgehead atoms. The van der Waals surface area contributed by atoms with E-state index >= 15 is 0 Å². The van der Waals surface area contributed by atoms with E-state index in [4.69, 9.17) is 5.11 Å². The molecule has 2 rings (SSSR count).